The molecule has 0 amide bonds. The molecule has 3 heterocycles. The lowest BCUT2D eigenvalue weighted by atomic mass is 9.98. The Labute approximate surface area is 178 Å². The van der Waals surface area contributed by atoms with E-state index in [2.05, 4.69) is 58.1 Å². The first-order valence-corrected chi connectivity index (χ1v) is 10.7. The molecule has 0 saturated carbocycles. The molecule has 6 heteroatoms. The number of likely N-dealkylation sites (tertiary alicyclic amines) is 1. The molecule has 1 aliphatic heterocycles. The van der Waals surface area contributed by atoms with E-state index < -0.39 is 0 Å². The van der Waals surface area contributed by atoms with E-state index in [9.17, 15) is 5.11 Å². The maximum Gasteiger partial charge on any atom is 0.0822 e. The van der Waals surface area contributed by atoms with Crippen molar-refractivity contribution in [1.29, 1.82) is 0 Å². The van der Waals surface area contributed by atoms with Crippen molar-refractivity contribution in [2.75, 3.05) is 26.7 Å². The van der Waals surface area contributed by atoms with E-state index >= 15 is 0 Å². The van der Waals surface area contributed by atoms with E-state index in [1.165, 1.54) is 11.1 Å². The van der Waals surface area contributed by atoms with E-state index in [0.717, 1.165) is 43.9 Å². The third-order valence-electron chi connectivity index (χ3n) is 6.13. The number of aliphatic hydroxyl groups is 1. The van der Waals surface area contributed by atoms with E-state index in [1.54, 1.807) is 6.20 Å². The second-order valence-electron chi connectivity index (χ2n) is 8.27. The zero-order valence-electron chi connectivity index (χ0n) is 17.9. The van der Waals surface area contributed by atoms with Gasteiger partial charge in [-0.25, -0.2) is 4.68 Å². The average Bonchev–Trinajstić information content (AvgIpc) is 3.29. The molecule has 158 valence electrons. The molecule has 3 aromatic rings. The minimum atomic E-state index is -0.337. The van der Waals surface area contributed by atoms with Crippen molar-refractivity contribution >= 4 is 0 Å². The Morgan fingerprint density at radius 3 is 2.77 bits per heavy atom. The highest BCUT2D eigenvalue weighted by Gasteiger charge is 2.30. The Bertz CT molecular complexity index is 928. The van der Waals surface area contributed by atoms with Crippen LogP contribution in [0.1, 0.15) is 23.2 Å². The summed E-state index contributed by atoms with van der Waals surface area (Å²) in [7, 11) is 2.12. The van der Waals surface area contributed by atoms with Crippen molar-refractivity contribution in [3.63, 3.8) is 0 Å². The van der Waals surface area contributed by atoms with Crippen molar-refractivity contribution in [3.8, 4) is 5.69 Å². The highest BCUT2D eigenvalue weighted by atomic mass is 16.3. The summed E-state index contributed by atoms with van der Waals surface area (Å²) < 4.78 is 1.88. The number of nitrogens with zero attached hydrogens (tertiary/aromatic N) is 5. The van der Waals surface area contributed by atoms with Crippen molar-refractivity contribution in [3.05, 3.63) is 77.9 Å². The number of hydrogen-bond donors (Lipinski definition) is 1. The lowest BCUT2D eigenvalue weighted by Gasteiger charge is -2.40. The molecule has 1 fully saturated rings. The summed E-state index contributed by atoms with van der Waals surface area (Å²) in [6, 6.07) is 14.6. The Morgan fingerprint density at radius 2 is 2.07 bits per heavy atom. The number of aliphatic hydroxyl groups excluding tert-OH is 1. The monoisotopic (exact) mass is 405 g/mol. The zero-order valence-corrected chi connectivity index (χ0v) is 17.9. The van der Waals surface area contributed by atoms with E-state index in [4.69, 9.17) is 0 Å². The molecule has 0 bridgehead atoms. The number of aromatic nitrogens is 3. The summed E-state index contributed by atoms with van der Waals surface area (Å²) in [6.07, 6.45) is 7.14. The number of β-amino-alcohol motifs (C(OH)–C–C–N with tert-alkyl or cyclic N) is 1. The van der Waals surface area contributed by atoms with Gasteiger partial charge in [-0.2, -0.15) is 5.10 Å². The molecule has 1 aromatic carbocycles. The lowest BCUT2D eigenvalue weighted by Crippen LogP contribution is -2.53. The molecule has 0 aliphatic carbocycles. The highest BCUT2D eigenvalue weighted by Crippen LogP contribution is 2.21. The van der Waals surface area contributed by atoms with Crippen LogP contribution in [0.3, 0.4) is 0 Å². The first-order chi connectivity index (χ1) is 14.6. The van der Waals surface area contributed by atoms with Gasteiger partial charge in [0.1, 0.15) is 0 Å². The van der Waals surface area contributed by atoms with Crippen LogP contribution in [0.2, 0.25) is 0 Å². The number of hydrogen-bond acceptors (Lipinski definition) is 5. The quantitative estimate of drug-likeness (QED) is 0.655. The van der Waals surface area contributed by atoms with Gasteiger partial charge in [0.15, 0.2) is 0 Å². The minimum Gasteiger partial charge on any atom is -0.390 e. The molecule has 0 spiro atoms. The maximum absolute atomic E-state index is 10.8. The molecule has 6 nitrogen and oxygen atoms in total. The molecule has 0 unspecified atom stereocenters. The molecule has 1 N–H and O–H groups in total. The predicted octanol–water partition coefficient (Wildman–Crippen LogP) is 2.69. The van der Waals surface area contributed by atoms with Gasteiger partial charge >= 0.3 is 0 Å². The summed E-state index contributed by atoms with van der Waals surface area (Å²) in [5.41, 5.74) is 4.74. The number of piperidine rings is 1. The predicted molar refractivity (Wildman–Crippen MR) is 119 cm³/mol. The van der Waals surface area contributed by atoms with E-state index in [1.807, 2.05) is 35.3 Å². The number of benzene rings is 1. The highest BCUT2D eigenvalue weighted by molar-refractivity contribution is 5.39. The second kappa shape index (κ2) is 9.51. The minimum absolute atomic E-state index is 0.202. The Morgan fingerprint density at radius 1 is 1.17 bits per heavy atom. The molecular weight excluding hydrogens is 374 g/mol. The lowest BCUT2D eigenvalue weighted by molar-refractivity contribution is -0.00624. The van der Waals surface area contributed by atoms with Gasteiger partial charge in [0.25, 0.3) is 0 Å². The fourth-order valence-corrected chi connectivity index (χ4v) is 4.31. The third-order valence-corrected chi connectivity index (χ3v) is 6.13. The molecule has 0 radical (unpaired) electrons. The van der Waals surface area contributed by atoms with Crippen LogP contribution in [-0.2, 0) is 13.0 Å². The molecule has 4 rings (SSSR count). The fraction of sp³-hybridized carbons (Fsp3) is 0.417. The molecule has 1 aliphatic rings. The van der Waals surface area contributed by atoms with Crippen LogP contribution in [0.25, 0.3) is 5.69 Å². The third kappa shape index (κ3) is 4.95. The smallest absolute Gasteiger partial charge is 0.0822 e. The summed E-state index contributed by atoms with van der Waals surface area (Å²) in [6.45, 7) is 5.63. The standard InChI is InChI=1S/C24H31N5O/c1-19-16-22(29-13-5-12-26-29)8-7-20(19)17-28-15-10-23(24(30)18-28)27(2)14-9-21-6-3-4-11-25-21/h3-8,11-13,16,23-24,30H,9-10,14-15,17-18H2,1-2H3/t23-,24-/m1/s1. The molecule has 30 heavy (non-hydrogen) atoms. The molecule has 2 atom stereocenters. The number of pyridine rings is 1. The van der Waals surface area contributed by atoms with Crippen LogP contribution in [0.4, 0.5) is 0 Å². The van der Waals surface area contributed by atoms with Crippen LogP contribution < -0.4 is 0 Å². The van der Waals surface area contributed by atoms with Crippen molar-refractivity contribution < 1.29 is 5.11 Å². The fourth-order valence-electron chi connectivity index (χ4n) is 4.31. The van der Waals surface area contributed by atoms with Crippen molar-refractivity contribution in [1.82, 2.24) is 24.6 Å². The SMILES string of the molecule is Cc1cc(-n2cccn2)ccc1CN1CC[C@@H](N(C)CCc2ccccn2)[C@H](O)C1. The van der Waals surface area contributed by atoms with Gasteiger partial charge in [0.05, 0.1) is 11.8 Å². The average molecular weight is 406 g/mol. The Hall–Kier alpha value is -2.54. The molecular formula is C24H31N5O. The van der Waals surface area contributed by atoms with Gasteiger partial charge in [-0.1, -0.05) is 12.1 Å². The van der Waals surface area contributed by atoms with E-state index in [-0.39, 0.29) is 12.1 Å². The van der Waals surface area contributed by atoms with Crippen LogP contribution in [0, 0.1) is 6.92 Å². The van der Waals surface area contributed by atoms with E-state index in [0.29, 0.717) is 6.54 Å². The number of aryl methyl sites for hydroxylation is 1. The summed E-state index contributed by atoms with van der Waals surface area (Å²) in [5, 5.41) is 15.1. The first kappa shape index (κ1) is 20.7. The maximum atomic E-state index is 10.8. The topological polar surface area (TPSA) is 57.4 Å². The van der Waals surface area contributed by atoms with Gasteiger partial charge in [0.2, 0.25) is 0 Å². The van der Waals surface area contributed by atoms with Crippen LogP contribution >= 0.6 is 0 Å². The summed E-state index contributed by atoms with van der Waals surface area (Å²) in [5.74, 6) is 0. The number of rotatable bonds is 7. The van der Waals surface area contributed by atoms with Crippen molar-refractivity contribution in [2.24, 2.45) is 0 Å². The van der Waals surface area contributed by atoms with Crippen LogP contribution in [0.5, 0.6) is 0 Å². The van der Waals surface area contributed by atoms with Gasteiger partial charge in [0, 0.05) is 62.9 Å². The molecule has 1 saturated heterocycles. The Balaban J connectivity index is 1.31. The van der Waals surface area contributed by atoms with Crippen LogP contribution in [0.15, 0.2) is 61.1 Å². The number of likely N-dealkylation sites (N-methyl/N-ethyl adjacent to an activating group) is 1. The van der Waals surface area contributed by atoms with Crippen molar-refractivity contribution in [2.45, 2.75) is 38.5 Å². The van der Waals surface area contributed by atoms with Gasteiger partial charge in [-0.05, 0) is 61.9 Å². The van der Waals surface area contributed by atoms with Gasteiger partial charge in [-0.15, -0.1) is 0 Å². The summed E-state index contributed by atoms with van der Waals surface area (Å²) >= 11 is 0. The second-order valence-corrected chi connectivity index (χ2v) is 8.27. The molecule has 2 aromatic heterocycles. The largest absolute Gasteiger partial charge is 0.390 e. The van der Waals surface area contributed by atoms with Gasteiger partial charge < -0.3 is 10.0 Å². The first-order valence-electron chi connectivity index (χ1n) is 10.7. The normalized spacial score (nSPS) is 20.0. The van der Waals surface area contributed by atoms with Crippen LogP contribution in [-0.4, -0.2) is 68.5 Å². The Kier molecular flexibility index (Phi) is 6.57. The van der Waals surface area contributed by atoms with Gasteiger partial charge in [-0.3, -0.25) is 9.88 Å². The zero-order chi connectivity index (χ0) is 20.9. The summed E-state index contributed by atoms with van der Waals surface area (Å²) in [4.78, 5) is 9.06.